The maximum absolute atomic E-state index is 13.0. The third-order valence-electron chi connectivity index (χ3n) is 3.43. The Bertz CT molecular complexity index is 422. The number of hydrogen-bond donors (Lipinski definition) is 1. The zero-order valence-corrected chi connectivity index (χ0v) is 10.7. The van der Waals surface area contributed by atoms with E-state index in [1.807, 2.05) is 11.9 Å². The van der Waals surface area contributed by atoms with Crippen molar-refractivity contribution in [2.45, 2.75) is 25.3 Å². The van der Waals surface area contributed by atoms with E-state index in [1.165, 1.54) is 12.1 Å². The molecule has 0 aromatic heterocycles. The van der Waals surface area contributed by atoms with Gasteiger partial charge in [0.25, 0.3) is 0 Å². The average molecular weight is 250 g/mol. The molecule has 1 aromatic rings. The number of carbonyl (C=O) groups excluding carboxylic acids is 1. The van der Waals surface area contributed by atoms with Gasteiger partial charge >= 0.3 is 0 Å². The van der Waals surface area contributed by atoms with Crippen LogP contribution in [-0.2, 0) is 11.2 Å². The highest BCUT2D eigenvalue weighted by Crippen LogP contribution is 2.12. The summed E-state index contributed by atoms with van der Waals surface area (Å²) in [5.74, 6) is -0.201. The standard InChI is InChI=1S/C14H19FN2O/c1-16-13-6-3-7-17(10-13)14(18)9-11-4-2-5-12(15)8-11/h2,4-5,8,13,16H,3,6-7,9-10H2,1H3. The van der Waals surface area contributed by atoms with E-state index in [9.17, 15) is 9.18 Å². The smallest absolute Gasteiger partial charge is 0.227 e. The van der Waals surface area contributed by atoms with Crippen LogP contribution in [0.15, 0.2) is 24.3 Å². The lowest BCUT2D eigenvalue weighted by Gasteiger charge is -2.32. The van der Waals surface area contributed by atoms with E-state index in [0.29, 0.717) is 6.04 Å². The molecule has 98 valence electrons. The van der Waals surface area contributed by atoms with Crippen molar-refractivity contribution in [3.8, 4) is 0 Å². The molecular weight excluding hydrogens is 231 g/mol. The number of benzene rings is 1. The number of amides is 1. The molecule has 1 heterocycles. The summed E-state index contributed by atoms with van der Waals surface area (Å²) >= 11 is 0. The molecular formula is C14H19FN2O. The Hall–Kier alpha value is -1.42. The zero-order chi connectivity index (χ0) is 13.0. The highest BCUT2D eigenvalue weighted by atomic mass is 19.1. The normalized spacial score (nSPS) is 19.9. The fraction of sp³-hybridized carbons (Fsp3) is 0.500. The number of rotatable bonds is 3. The number of carbonyl (C=O) groups is 1. The Kier molecular flexibility index (Phi) is 4.31. The Labute approximate surface area is 107 Å². The molecule has 1 saturated heterocycles. The van der Waals surface area contributed by atoms with Crippen LogP contribution in [0.3, 0.4) is 0 Å². The van der Waals surface area contributed by atoms with Crippen LogP contribution in [0.2, 0.25) is 0 Å². The van der Waals surface area contributed by atoms with Crippen molar-refractivity contribution in [2.24, 2.45) is 0 Å². The first-order valence-electron chi connectivity index (χ1n) is 6.38. The first-order chi connectivity index (χ1) is 8.69. The van der Waals surface area contributed by atoms with E-state index in [-0.39, 0.29) is 18.1 Å². The lowest BCUT2D eigenvalue weighted by Crippen LogP contribution is -2.47. The predicted molar refractivity (Wildman–Crippen MR) is 68.8 cm³/mol. The summed E-state index contributed by atoms with van der Waals surface area (Å²) in [6.45, 7) is 1.57. The maximum atomic E-state index is 13.0. The summed E-state index contributed by atoms with van der Waals surface area (Å²) in [6, 6.07) is 6.64. The minimum atomic E-state index is -0.285. The molecule has 0 saturated carbocycles. The molecule has 2 rings (SSSR count). The van der Waals surface area contributed by atoms with Crippen LogP contribution in [0.4, 0.5) is 4.39 Å². The van der Waals surface area contributed by atoms with Crippen molar-refractivity contribution in [3.05, 3.63) is 35.6 Å². The van der Waals surface area contributed by atoms with Gasteiger partial charge in [0.15, 0.2) is 0 Å². The third-order valence-corrected chi connectivity index (χ3v) is 3.43. The number of hydrogen-bond acceptors (Lipinski definition) is 2. The fourth-order valence-corrected chi connectivity index (χ4v) is 2.37. The van der Waals surface area contributed by atoms with Gasteiger partial charge in [-0.25, -0.2) is 4.39 Å². The van der Waals surface area contributed by atoms with Crippen LogP contribution in [-0.4, -0.2) is 37.0 Å². The predicted octanol–water partition coefficient (Wildman–Crippen LogP) is 1.58. The maximum Gasteiger partial charge on any atom is 0.227 e. The molecule has 0 bridgehead atoms. The SMILES string of the molecule is CNC1CCCN(C(=O)Cc2cccc(F)c2)C1. The summed E-state index contributed by atoms with van der Waals surface area (Å²) in [6.07, 6.45) is 2.43. The lowest BCUT2D eigenvalue weighted by atomic mass is 10.0. The van der Waals surface area contributed by atoms with E-state index in [4.69, 9.17) is 0 Å². The van der Waals surface area contributed by atoms with Gasteiger partial charge in [0.2, 0.25) is 5.91 Å². The van der Waals surface area contributed by atoms with Crippen molar-refractivity contribution in [3.63, 3.8) is 0 Å². The Morgan fingerprint density at radius 2 is 2.39 bits per heavy atom. The number of nitrogens with zero attached hydrogens (tertiary/aromatic N) is 1. The van der Waals surface area contributed by atoms with Gasteiger partial charge in [-0.15, -0.1) is 0 Å². The van der Waals surface area contributed by atoms with Crippen LogP contribution in [0.25, 0.3) is 0 Å². The molecule has 0 radical (unpaired) electrons. The lowest BCUT2D eigenvalue weighted by molar-refractivity contribution is -0.131. The summed E-state index contributed by atoms with van der Waals surface area (Å²) in [7, 11) is 1.92. The highest BCUT2D eigenvalue weighted by Gasteiger charge is 2.22. The van der Waals surface area contributed by atoms with E-state index in [1.54, 1.807) is 12.1 Å². The molecule has 1 aliphatic heterocycles. The second-order valence-electron chi connectivity index (χ2n) is 4.77. The molecule has 1 N–H and O–H groups in total. The van der Waals surface area contributed by atoms with Crippen LogP contribution >= 0.6 is 0 Å². The monoisotopic (exact) mass is 250 g/mol. The molecule has 4 heteroatoms. The highest BCUT2D eigenvalue weighted by molar-refractivity contribution is 5.78. The average Bonchev–Trinajstić information content (AvgIpc) is 2.39. The van der Waals surface area contributed by atoms with Gasteiger partial charge in [-0.2, -0.15) is 0 Å². The zero-order valence-electron chi connectivity index (χ0n) is 10.7. The van der Waals surface area contributed by atoms with Crippen molar-refractivity contribution in [2.75, 3.05) is 20.1 Å². The number of halogens is 1. The number of likely N-dealkylation sites (tertiary alicyclic amines) is 1. The molecule has 0 spiro atoms. The topological polar surface area (TPSA) is 32.3 Å². The summed E-state index contributed by atoms with van der Waals surface area (Å²) in [5, 5.41) is 3.21. The molecule has 1 unspecified atom stereocenters. The Morgan fingerprint density at radius 1 is 1.56 bits per heavy atom. The van der Waals surface area contributed by atoms with Crippen molar-refractivity contribution in [1.29, 1.82) is 0 Å². The minimum absolute atomic E-state index is 0.0838. The first-order valence-corrected chi connectivity index (χ1v) is 6.38. The van der Waals surface area contributed by atoms with Crippen LogP contribution in [0, 0.1) is 5.82 Å². The summed E-state index contributed by atoms with van der Waals surface area (Å²) in [5.41, 5.74) is 0.742. The van der Waals surface area contributed by atoms with E-state index in [0.717, 1.165) is 31.5 Å². The fourth-order valence-electron chi connectivity index (χ4n) is 2.37. The van der Waals surface area contributed by atoms with Crippen molar-refractivity contribution >= 4 is 5.91 Å². The van der Waals surface area contributed by atoms with Gasteiger partial charge < -0.3 is 10.2 Å². The molecule has 1 aliphatic rings. The van der Waals surface area contributed by atoms with Crippen LogP contribution in [0.1, 0.15) is 18.4 Å². The third kappa shape index (κ3) is 3.29. The second kappa shape index (κ2) is 5.96. The van der Waals surface area contributed by atoms with Gasteiger partial charge in [-0.05, 0) is 37.6 Å². The number of nitrogens with one attached hydrogen (secondary N) is 1. The minimum Gasteiger partial charge on any atom is -0.341 e. The van der Waals surface area contributed by atoms with Crippen molar-refractivity contribution < 1.29 is 9.18 Å². The Balaban J connectivity index is 1.95. The summed E-state index contributed by atoms with van der Waals surface area (Å²) in [4.78, 5) is 14.0. The molecule has 3 nitrogen and oxygen atoms in total. The largest absolute Gasteiger partial charge is 0.341 e. The molecule has 1 amide bonds. The molecule has 1 atom stereocenters. The van der Waals surface area contributed by atoms with Gasteiger partial charge in [0.05, 0.1) is 6.42 Å². The molecule has 18 heavy (non-hydrogen) atoms. The number of piperidine rings is 1. The summed E-state index contributed by atoms with van der Waals surface area (Å²) < 4.78 is 13.0. The molecule has 0 aliphatic carbocycles. The van der Waals surface area contributed by atoms with Crippen LogP contribution < -0.4 is 5.32 Å². The second-order valence-corrected chi connectivity index (χ2v) is 4.77. The first kappa shape index (κ1) is 13.0. The molecule has 1 fully saturated rings. The quantitative estimate of drug-likeness (QED) is 0.883. The Morgan fingerprint density at radius 3 is 3.11 bits per heavy atom. The van der Waals surface area contributed by atoms with E-state index >= 15 is 0 Å². The van der Waals surface area contributed by atoms with Gasteiger partial charge in [0.1, 0.15) is 5.82 Å². The van der Waals surface area contributed by atoms with E-state index in [2.05, 4.69) is 5.32 Å². The van der Waals surface area contributed by atoms with Crippen molar-refractivity contribution in [1.82, 2.24) is 10.2 Å². The van der Waals surface area contributed by atoms with Gasteiger partial charge in [-0.1, -0.05) is 12.1 Å². The number of likely N-dealkylation sites (N-methyl/N-ethyl adjacent to an activating group) is 1. The van der Waals surface area contributed by atoms with Gasteiger partial charge in [0, 0.05) is 19.1 Å². The van der Waals surface area contributed by atoms with Gasteiger partial charge in [-0.3, -0.25) is 4.79 Å². The van der Waals surface area contributed by atoms with E-state index < -0.39 is 0 Å². The van der Waals surface area contributed by atoms with Crippen LogP contribution in [0.5, 0.6) is 0 Å². The molecule has 1 aromatic carbocycles.